The molecule has 12 heavy (non-hydrogen) atoms. The van der Waals surface area contributed by atoms with Gasteiger partial charge < -0.3 is 5.73 Å². The van der Waals surface area contributed by atoms with Crippen LogP contribution < -0.4 is 5.73 Å². The van der Waals surface area contributed by atoms with Gasteiger partial charge in [-0.05, 0) is 12.1 Å². The molecule has 5 heteroatoms. The Hall–Kier alpha value is -1.91. The number of carbonyl (C=O) groups is 1. The zero-order valence-corrected chi connectivity index (χ0v) is 6.14. The number of primary amides is 1. The molecule has 2 N–H and O–H groups in total. The Morgan fingerprint density at radius 1 is 1.50 bits per heavy atom. The average molecular weight is 162 g/mol. The van der Waals surface area contributed by atoms with Crippen LogP contribution in [0.2, 0.25) is 0 Å². The van der Waals surface area contributed by atoms with E-state index >= 15 is 0 Å². The van der Waals surface area contributed by atoms with Crippen molar-refractivity contribution in [3.05, 3.63) is 30.2 Å². The molecule has 0 fully saturated rings. The van der Waals surface area contributed by atoms with Gasteiger partial charge in [-0.1, -0.05) is 0 Å². The summed E-state index contributed by atoms with van der Waals surface area (Å²) in [5.74, 6) is -0.453. The number of hydrogen-bond acceptors (Lipinski definition) is 3. The number of rotatable bonds is 1. The van der Waals surface area contributed by atoms with Gasteiger partial charge >= 0.3 is 0 Å². The molecule has 60 valence electrons. The molecule has 0 bridgehead atoms. The maximum absolute atomic E-state index is 10.7. The lowest BCUT2D eigenvalue weighted by molar-refractivity contribution is 0.1000. The van der Waals surface area contributed by atoms with Gasteiger partial charge in [0.15, 0.2) is 5.65 Å². The first-order chi connectivity index (χ1) is 5.77. The second kappa shape index (κ2) is 2.30. The third-order valence-electron chi connectivity index (χ3n) is 1.58. The van der Waals surface area contributed by atoms with Gasteiger partial charge in [0.05, 0.1) is 5.56 Å². The molecule has 0 saturated carbocycles. The summed E-state index contributed by atoms with van der Waals surface area (Å²) in [6.45, 7) is 0. The molecule has 2 aromatic heterocycles. The maximum Gasteiger partial charge on any atom is 0.250 e. The molecule has 0 radical (unpaired) electrons. The summed E-state index contributed by atoms with van der Waals surface area (Å²) in [6, 6.07) is 3.30. The fourth-order valence-corrected chi connectivity index (χ4v) is 0.973. The van der Waals surface area contributed by atoms with E-state index in [2.05, 4.69) is 10.2 Å². The number of aromatic nitrogens is 3. The zero-order valence-electron chi connectivity index (χ0n) is 6.14. The minimum Gasteiger partial charge on any atom is -0.366 e. The van der Waals surface area contributed by atoms with Crippen molar-refractivity contribution in [3.8, 4) is 0 Å². The highest BCUT2D eigenvalue weighted by atomic mass is 16.1. The summed E-state index contributed by atoms with van der Waals surface area (Å²) in [5, 5.41) is 7.44. The Balaban J connectivity index is 2.68. The third kappa shape index (κ3) is 0.914. The van der Waals surface area contributed by atoms with Crippen molar-refractivity contribution >= 4 is 11.6 Å². The van der Waals surface area contributed by atoms with E-state index < -0.39 is 5.91 Å². The number of pyridine rings is 1. The third-order valence-corrected chi connectivity index (χ3v) is 1.58. The van der Waals surface area contributed by atoms with Crippen LogP contribution in [0.25, 0.3) is 5.65 Å². The fourth-order valence-electron chi connectivity index (χ4n) is 0.973. The van der Waals surface area contributed by atoms with E-state index in [0.717, 1.165) is 0 Å². The van der Waals surface area contributed by atoms with Gasteiger partial charge in [0.2, 0.25) is 5.91 Å². The van der Waals surface area contributed by atoms with Crippen molar-refractivity contribution in [1.82, 2.24) is 14.6 Å². The summed E-state index contributed by atoms with van der Waals surface area (Å²) in [5.41, 5.74) is 6.22. The maximum atomic E-state index is 10.7. The number of nitrogens with zero attached hydrogens (tertiary/aromatic N) is 3. The highest BCUT2D eigenvalue weighted by molar-refractivity contribution is 5.92. The molecule has 2 aromatic rings. The van der Waals surface area contributed by atoms with E-state index in [4.69, 9.17) is 5.73 Å². The van der Waals surface area contributed by atoms with E-state index in [1.54, 1.807) is 22.7 Å². The lowest BCUT2D eigenvalue weighted by Crippen LogP contribution is -2.11. The van der Waals surface area contributed by atoms with Gasteiger partial charge in [0, 0.05) is 6.20 Å². The van der Waals surface area contributed by atoms with Crippen molar-refractivity contribution in [2.45, 2.75) is 0 Å². The van der Waals surface area contributed by atoms with Crippen LogP contribution >= 0.6 is 0 Å². The van der Waals surface area contributed by atoms with Crippen LogP contribution in [0.3, 0.4) is 0 Å². The number of carbonyl (C=O) groups excluding carboxylic acids is 1. The minimum atomic E-state index is -0.453. The van der Waals surface area contributed by atoms with Crippen molar-refractivity contribution in [1.29, 1.82) is 0 Å². The summed E-state index contributed by atoms with van der Waals surface area (Å²) in [6.07, 6.45) is 3.11. The minimum absolute atomic E-state index is 0.447. The van der Waals surface area contributed by atoms with Crippen molar-refractivity contribution in [2.24, 2.45) is 5.73 Å². The summed E-state index contributed by atoms with van der Waals surface area (Å²) < 4.78 is 1.64. The molecular formula is C7H6N4O. The van der Waals surface area contributed by atoms with Gasteiger partial charge in [-0.15, -0.1) is 10.2 Å². The summed E-state index contributed by atoms with van der Waals surface area (Å²) >= 11 is 0. The van der Waals surface area contributed by atoms with Crippen LogP contribution in [-0.4, -0.2) is 20.5 Å². The lowest BCUT2D eigenvalue weighted by Gasteiger charge is -1.94. The second-order valence-electron chi connectivity index (χ2n) is 2.38. The first kappa shape index (κ1) is 6.78. The number of hydrogen-bond donors (Lipinski definition) is 1. The molecule has 2 rings (SSSR count). The van der Waals surface area contributed by atoms with E-state index in [1.165, 1.54) is 6.33 Å². The Morgan fingerprint density at radius 2 is 2.33 bits per heavy atom. The smallest absolute Gasteiger partial charge is 0.250 e. The predicted octanol–water partition coefficient (Wildman–Crippen LogP) is -0.172. The fraction of sp³-hybridized carbons (Fsp3) is 0. The highest BCUT2D eigenvalue weighted by Crippen LogP contribution is 2.01. The Labute approximate surface area is 67.8 Å². The van der Waals surface area contributed by atoms with Crippen LogP contribution in [0.5, 0.6) is 0 Å². The molecule has 0 aliphatic heterocycles. The molecule has 0 spiro atoms. The van der Waals surface area contributed by atoms with Crippen LogP contribution in [0.1, 0.15) is 10.4 Å². The van der Waals surface area contributed by atoms with Crippen LogP contribution in [0.4, 0.5) is 0 Å². The van der Waals surface area contributed by atoms with Crippen LogP contribution in [0, 0.1) is 0 Å². The van der Waals surface area contributed by atoms with Gasteiger partial charge in [0.25, 0.3) is 0 Å². The highest BCUT2D eigenvalue weighted by Gasteiger charge is 2.01. The lowest BCUT2D eigenvalue weighted by atomic mass is 10.3. The van der Waals surface area contributed by atoms with E-state index in [9.17, 15) is 4.79 Å². The molecule has 0 saturated heterocycles. The molecule has 0 unspecified atom stereocenters. The van der Waals surface area contributed by atoms with Gasteiger partial charge in [-0.25, -0.2) is 0 Å². The molecule has 0 aromatic carbocycles. The monoisotopic (exact) mass is 162 g/mol. The summed E-state index contributed by atoms with van der Waals surface area (Å²) in [7, 11) is 0. The number of amides is 1. The molecule has 5 nitrogen and oxygen atoms in total. The Kier molecular flexibility index (Phi) is 1.30. The van der Waals surface area contributed by atoms with Gasteiger partial charge in [-0.2, -0.15) is 0 Å². The Bertz CT molecular complexity index is 434. The number of fused-ring (bicyclic) bond motifs is 1. The quantitative estimate of drug-likeness (QED) is 0.632. The normalized spacial score (nSPS) is 10.3. The molecule has 1 amide bonds. The van der Waals surface area contributed by atoms with E-state index in [1.807, 2.05) is 0 Å². The van der Waals surface area contributed by atoms with Gasteiger partial charge in [-0.3, -0.25) is 9.20 Å². The Morgan fingerprint density at radius 3 is 3.08 bits per heavy atom. The first-order valence-corrected chi connectivity index (χ1v) is 3.36. The molecular weight excluding hydrogens is 156 g/mol. The number of nitrogens with two attached hydrogens (primary N) is 1. The standard InChI is InChI=1S/C7H6N4O/c8-7(12)5-1-2-6-10-9-4-11(6)3-5/h1-4H,(H2,8,12). The van der Waals surface area contributed by atoms with E-state index in [-0.39, 0.29) is 0 Å². The molecule has 2 heterocycles. The van der Waals surface area contributed by atoms with Crippen LogP contribution in [-0.2, 0) is 0 Å². The summed E-state index contributed by atoms with van der Waals surface area (Å²) in [4.78, 5) is 10.7. The van der Waals surface area contributed by atoms with Crippen molar-refractivity contribution in [2.75, 3.05) is 0 Å². The first-order valence-electron chi connectivity index (χ1n) is 3.36. The van der Waals surface area contributed by atoms with Crippen molar-refractivity contribution in [3.63, 3.8) is 0 Å². The molecule has 0 atom stereocenters. The zero-order chi connectivity index (χ0) is 8.55. The second-order valence-corrected chi connectivity index (χ2v) is 2.38. The van der Waals surface area contributed by atoms with Crippen molar-refractivity contribution < 1.29 is 4.79 Å². The topological polar surface area (TPSA) is 73.3 Å². The van der Waals surface area contributed by atoms with E-state index in [0.29, 0.717) is 11.2 Å². The van der Waals surface area contributed by atoms with Gasteiger partial charge in [0.1, 0.15) is 6.33 Å². The average Bonchev–Trinajstić information content (AvgIpc) is 2.49. The predicted molar refractivity (Wildman–Crippen MR) is 41.5 cm³/mol. The molecule has 0 aliphatic rings. The molecule has 0 aliphatic carbocycles. The largest absolute Gasteiger partial charge is 0.366 e. The SMILES string of the molecule is NC(=O)c1ccc2nncn2c1. The van der Waals surface area contributed by atoms with Crippen LogP contribution in [0.15, 0.2) is 24.7 Å².